The fourth-order valence-electron chi connectivity index (χ4n) is 3.12. The molecule has 2 aromatic carbocycles. The van der Waals surface area contributed by atoms with Gasteiger partial charge in [-0.05, 0) is 46.2 Å². The van der Waals surface area contributed by atoms with E-state index in [1.54, 1.807) is 0 Å². The van der Waals surface area contributed by atoms with E-state index < -0.39 is 0 Å². The number of rotatable bonds is 0. The van der Waals surface area contributed by atoms with E-state index in [1.807, 2.05) is 0 Å². The van der Waals surface area contributed by atoms with E-state index in [-0.39, 0.29) is 0 Å². The Bertz CT molecular complexity index is 687. The second kappa shape index (κ2) is 3.71. The minimum atomic E-state index is 1.05. The molecule has 0 bridgehead atoms. The van der Waals surface area contributed by atoms with E-state index in [0.717, 1.165) is 12.8 Å². The molecule has 18 heavy (non-hydrogen) atoms. The van der Waals surface area contributed by atoms with E-state index >= 15 is 0 Å². The van der Waals surface area contributed by atoms with Crippen LogP contribution in [0.25, 0.3) is 11.1 Å². The summed E-state index contributed by atoms with van der Waals surface area (Å²) in [5.74, 6) is 0. The fraction of sp³-hybridized carbons (Fsp3) is 0.111. The van der Waals surface area contributed by atoms with Crippen molar-refractivity contribution < 1.29 is 0 Å². The molecule has 0 heterocycles. The summed E-state index contributed by atoms with van der Waals surface area (Å²) in [6.07, 6.45) is 6.69. The maximum Gasteiger partial charge on any atom is -0.00136 e. The highest BCUT2D eigenvalue weighted by Crippen LogP contribution is 2.41. The van der Waals surface area contributed by atoms with Gasteiger partial charge in [-0.1, -0.05) is 60.7 Å². The van der Waals surface area contributed by atoms with E-state index in [4.69, 9.17) is 0 Å². The molecule has 0 atom stereocenters. The van der Waals surface area contributed by atoms with Crippen LogP contribution < -0.4 is 0 Å². The van der Waals surface area contributed by atoms with Gasteiger partial charge in [-0.3, -0.25) is 0 Å². The molecule has 0 radical (unpaired) electrons. The Kier molecular flexibility index (Phi) is 2.04. The highest BCUT2D eigenvalue weighted by molar-refractivity contribution is 6.01. The molecule has 0 aromatic heterocycles. The van der Waals surface area contributed by atoms with Crippen LogP contribution in [0.3, 0.4) is 0 Å². The van der Waals surface area contributed by atoms with Crippen molar-refractivity contribution in [3.8, 4) is 0 Å². The molecule has 0 aliphatic heterocycles. The molecule has 2 aromatic rings. The zero-order valence-electron chi connectivity index (χ0n) is 10.2. The third kappa shape index (κ3) is 1.32. The van der Waals surface area contributed by atoms with E-state index in [1.165, 1.54) is 33.4 Å². The summed E-state index contributed by atoms with van der Waals surface area (Å²) in [6.45, 7) is 0. The van der Waals surface area contributed by atoms with Crippen LogP contribution in [0.15, 0.2) is 60.7 Å². The predicted octanol–water partition coefficient (Wildman–Crippen LogP) is 4.46. The van der Waals surface area contributed by atoms with Crippen LogP contribution in [-0.4, -0.2) is 0 Å². The zero-order chi connectivity index (χ0) is 11.9. The van der Waals surface area contributed by atoms with E-state index in [2.05, 4.69) is 60.7 Å². The van der Waals surface area contributed by atoms with Crippen molar-refractivity contribution in [3.63, 3.8) is 0 Å². The number of hydrogen-bond acceptors (Lipinski definition) is 0. The first-order valence-electron chi connectivity index (χ1n) is 6.50. The Hall–Kier alpha value is -2.08. The molecule has 0 saturated heterocycles. The van der Waals surface area contributed by atoms with Crippen molar-refractivity contribution in [2.75, 3.05) is 0 Å². The first-order valence-corrected chi connectivity index (χ1v) is 6.50. The average Bonchev–Trinajstić information content (AvgIpc) is 2.84. The van der Waals surface area contributed by atoms with Gasteiger partial charge in [-0.15, -0.1) is 0 Å². The van der Waals surface area contributed by atoms with Gasteiger partial charge >= 0.3 is 0 Å². The molecule has 0 N–H and O–H groups in total. The van der Waals surface area contributed by atoms with Gasteiger partial charge in [0.05, 0.1) is 0 Å². The van der Waals surface area contributed by atoms with Gasteiger partial charge in [0.25, 0.3) is 0 Å². The van der Waals surface area contributed by atoms with Gasteiger partial charge < -0.3 is 0 Å². The van der Waals surface area contributed by atoms with Gasteiger partial charge in [0.1, 0.15) is 0 Å². The largest absolute Gasteiger partial charge is 0.0795 e. The minimum Gasteiger partial charge on any atom is -0.0795 e. The Morgan fingerprint density at radius 2 is 1.39 bits per heavy atom. The molecule has 0 nitrogen and oxygen atoms in total. The summed E-state index contributed by atoms with van der Waals surface area (Å²) in [5, 5.41) is 0. The van der Waals surface area contributed by atoms with Gasteiger partial charge in [-0.25, -0.2) is 0 Å². The van der Waals surface area contributed by atoms with Crippen molar-refractivity contribution in [2.24, 2.45) is 0 Å². The van der Waals surface area contributed by atoms with Crippen LogP contribution in [0.4, 0.5) is 0 Å². The second-order valence-corrected chi connectivity index (χ2v) is 4.99. The normalized spacial score (nSPS) is 16.0. The van der Waals surface area contributed by atoms with Crippen molar-refractivity contribution in [2.45, 2.75) is 12.8 Å². The molecular formula is C18H14. The highest BCUT2D eigenvalue weighted by Gasteiger charge is 2.21. The fourth-order valence-corrected chi connectivity index (χ4v) is 3.12. The third-order valence-corrected chi connectivity index (χ3v) is 3.96. The number of benzene rings is 2. The summed E-state index contributed by atoms with van der Waals surface area (Å²) in [7, 11) is 0. The van der Waals surface area contributed by atoms with Gasteiger partial charge in [0, 0.05) is 0 Å². The molecule has 0 saturated carbocycles. The van der Waals surface area contributed by atoms with Gasteiger partial charge in [-0.2, -0.15) is 0 Å². The van der Waals surface area contributed by atoms with Gasteiger partial charge in [0.15, 0.2) is 0 Å². The Morgan fingerprint density at radius 1 is 0.722 bits per heavy atom. The van der Waals surface area contributed by atoms with Crippen LogP contribution in [0.5, 0.6) is 0 Å². The number of allylic oxidation sites excluding steroid dienone is 4. The SMILES string of the molecule is C1=CC2=C(C1)c1ccccc1Cc1ccccc12. The minimum absolute atomic E-state index is 1.05. The van der Waals surface area contributed by atoms with E-state index in [0.29, 0.717) is 0 Å². The monoisotopic (exact) mass is 230 g/mol. The zero-order valence-corrected chi connectivity index (χ0v) is 10.2. The van der Waals surface area contributed by atoms with E-state index in [9.17, 15) is 0 Å². The van der Waals surface area contributed by atoms with Crippen molar-refractivity contribution in [1.82, 2.24) is 0 Å². The summed E-state index contributed by atoms with van der Waals surface area (Å²) in [4.78, 5) is 0. The maximum absolute atomic E-state index is 2.29. The molecule has 2 aliphatic carbocycles. The van der Waals surface area contributed by atoms with Crippen molar-refractivity contribution >= 4 is 11.1 Å². The van der Waals surface area contributed by atoms with Crippen LogP contribution in [0, 0.1) is 0 Å². The molecule has 0 heteroatoms. The lowest BCUT2D eigenvalue weighted by atomic mass is 9.96. The lowest BCUT2D eigenvalue weighted by Crippen LogP contribution is -1.92. The molecule has 0 amide bonds. The summed E-state index contributed by atoms with van der Waals surface area (Å²) < 4.78 is 0. The summed E-state index contributed by atoms with van der Waals surface area (Å²) in [5.41, 5.74) is 8.68. The molecule has 2 aliphatic rings. The van der Waals surface area contributed by atoms with Crippen molar-refractivity contribution in [3.05, 3.63) is 82.9 Å². The second-order valence-electron chi connectivity index (χ2n) is 4.99. The lowest BCUT2D eigenvalue weighted by molar-refractivity contribution is 1.18. The first-order chi connectivity index (χ1) is 8.93. The lowest BCUT2D eigenvalue weighted by Gasteiger charge is -2.08. The quantitative estimate of drug-likeness (QED) is 0.626. The van der Waals surface area contributed by atoms with Crippen LogP contribution in [-0.2, 0) is 6.42 Å². The smallest absolute Gasteiger partial charge is 0.00136 e. The molecule has 0 unspecified atom stereocenters. The maximum atomic E-state index is 2.29. The Labute approximate surface area is 107 Å². The van der Waals surface area contributed by atoms with Crippen LogP contribution >= 0.6 is 0 Å². The molecule has 0 spiro atoms. The summed E-state index contributed by atoms with van der Waals surface area (Å²) >= 11 is 0. The third-order valence-electron chi connectivity index (χ3n) is 3.96. The highest BCUT2D eigenvalue weighted by atomic mass is 14.2. The molecule has 86 valence electrons. The average molecular weight is 230 g/mol. The van der Waals surface area contributed by atoms with Gasteiger partial charge in [0.2, 0.25) is 0 Å². The topological polar surface area (TPSA) is 0 Å². The summed E-state index contributed by atoms with van der Waals surface area (Å²) in [6, 6.07) is 17.6. The van der Waals surface area contributed by atoms with Crippen LogP contribution in [0.2, 0.25) is 0 Å². The molecular weight excluding hydrogens is 216 g/mol. The number of hydrogen-bond donors (Lipinski definition) is 0. The Balaban J connectivity index is 2.07. The first kappa shape index (κ1) is 9.90. The Morgan fingerprint density at radius 3 is 2.22 bits per heavy atom. The predicted molar refractivity (Wildman–Crippen MR) is 76.3 cm³/mol. The van der Waals surface area contributed by atoms with Crippen LogP contribution in [0.1, 0.15) is 28.7 Å². The standard InChI is InChI=1S/C18H14/c1-3-8-15-13(6-1)12-14-7-2-4-9-16(14)18-11-5-10-17(15)18/h1-10H,11-12H2. The molecule has 4 rings (SSSR count). The van der Waals surface area contributed by atoms with Crippen molar-refractivity contribution in [1.29, 1.82) is 0 Å². The molecule has 0 fully saturated rings. The number of fused-ring (bicyclic) bond motifs is 4.